The van der Waals surface area contributed by atoms with E-state index in [4.69, 9.17) is 5.73 Å². The van der Waals surface area contributed by atoms with Gasteiger partial charge in [0.25, 0.3) is 5.91 Å². The molecule has 0 fully saturated rings. The van der Waals surface area contributed by atoms with Crippen LogP contribution in [0.5, 0.6) is 0 Å². The van der Waals surface area contributed by atoms with Crippen molar-refractivity contribution in [1.82, 2.24) is 20.6 Å². The van der Waals surface area contributed by atoms with Crippen molar-refractivity contribution in [2.75, 3.05) is 0 Å². The first-order valence-corrected chi connectivity index (χ1v) is 3.86. The summed E-state index contributed by atoms with van der Waals surface area (Å²) in [5.41, 5.74) is 10.00. The number of rotatable bonds is 1. The maximum atomic E-state index is 11.2. The van der Waals surface area contributed by atoms with E-state index < -0.39 is 0 Å². The number of nitrogens with two attached hydrogens (primary N) is 1. The summed E-state index contributed by atoms with van der Waals surface area (Å²) >= 11 is 4.50. The first-order valence-electron chi connectivity index (χ1n) is 3.45. The predicted molar refractivity (Wildman–Crippen MR) is 50.6 cm³/mol. The van der Waals surface area contributed by atoms with Crippen LogP contribution in [0.2, 0.25) is 0 Å². The fraction of sp³-hybridized carbons (Fsp3) is 0.167. The summed E-state index contributed by atoms with van der Waals surface area (Å²) in [7, 11) is 1.72. The second kappa shape index (κ2) is 3.85. The normalized spacial score (nSPS) is 9.31. The molecule has 13 heavy (non-hydrogen) atoms. The van der Waals surface area contributed by atoms with Gasteiger partial charge in [-0.1, -0.05) is 0 Å². The lowest BCUT2D eigenvalue weighted by atomic mass is 10.4. The highest BCUT2D eigenvalue weighted by molar-refractivity contribution is 7.80. The highest BCUT2D eigenvalue weighted by atomic mass is 32.1. The average Bonchev–Trinajstić information content (AvgIpc) is 2.47. The molecule has 0 atom stereocenters. The molecule has 0 aliphatic heterocycles. The Morgan fingerprint density at radius 3 is 2.85 bits per heavy atom. The van der Waals surface area contributed by atoms with E-state index in [0.29, 0.717) is 5.69 Å². The van der Waals surface area contributed by atoms with Gasteiger partial charge in [-0.05, 0) is 18.3 Å². The average molecular weight is 199 g/mol. The van der Waals surface area contributed by atoms with Gasteiger partial charge in [0.05, 0.1) is 0 Å². The van der Waals surface area contributed by atoms with Crippen LogP contribution in [0.3, 0.4) is 0 Å². The number of nitrogens with one attached hydrogen (secondary N) is 2. The first kappa shape index (κ1) is 9.46. The van der Waals surface area contributed by atoms with E-state index in [0.717, 1.165) is 0 Å². The van der Waals surface area contributed by atoms with E-state index in [1.54, 1.807) is 19.3 Å². The number of hydrazine groups is 1. The third-order valence-corrected chi connectivity index (χ3v) is 1.35. The Kier molecular flexibility index (Phi) is 2.80. The molecule has 0 aromatic carbocycles. The summed E-state index contributed by atoms with van der Waals surface area (Å²) in [6.45, 7) is 0. The van der Waals surface area contributed by atoms with Crippen molar-refractivity contribution in [3.63, 3.8) is 0 Å². The van der Waals surface area contributed by atoms with Gasteiger partial charge >= 0.3 is 0 Å². The molecule has 4 N–H and O–H groups in total. The molecule has 1 aromatic rings. The van der Waals surface area contributed by atoms with Crippen molar-refractivity contribution in [2.24, 2.45) is 12.8 Å². The van der Waals surface area contributed by atoms with Crippen LogP contribution in [0.15, 0.2) is 12.3 Å². The van der Waals surface area contributed by atoms with E-state index in [2.05, 4.69) is 28.2 Å². The van der Waals surface area contributed by atoms with Crippen LogP contribution in [-0.2, 0) is 7.05 Å². The molecule has 70 valence electrons. The van der Waals surface area contributed by atoms with E-state index in [1.165, 1.54) is 4.68 Å². The topological polar surface area (TPSA) is 85.0 Å². The third kappa shape index (κ3) is 2.71. The molecular weight excluding hydrogens is 190 g/mol. The largest absolute Gasteiger partial charge is 0.375 e. The quantitative estimate of drug-likeness (QED) is 0.395. The third-order valence-electron chi connectivity index (χ3n) is 1.25. The van der Waals surface area contributed by atoms with E-state index >= 15 is 0 Å². The Morgan fingerprint density at radius 1 is 1.69 bits per heavy atom. The summed E-state index contributed by atoms with van der Waals surface area (Å²) in [5.74, 6) is -0.381. The number of thiocarbonyl (C=S) groups is 1. The molecule has 0 radical (unpaired) electrons. The predicted octanol–water partition coefficient (Wildman–Crippen LogP) is -1.10. The van der Waals surface area contributed by atoms with Crippen LogP contribution in [0.25, 0.3) is 0 Å². The summed E-state index contributed by atoms with van der Waals surface area (Å²) < 4.78 is 1.52. The van der Waals surface area contributed by atoms with Gasteiger partial charge in [0, 0.05) is 13.2 Å². The van der Waals surface area contributed by atoms with Gasteiger partial charge < -0.3 is 5.73 Å². The Hall–Kier alpha value is -1.63. The van der Waals surface area contributed by atoms with Crippen LogP contribution in [-0.4, -0.2) is 20.8 Å². The van der Waals surface area contributed by atoms with Crippen LogP contribution < -0.4 is 16.6 Å². The smallest absolute Gasteiger partial charge is 0.290 e. The minimum absolute atomic E-state index is 0.00396. The standard InChI is InChI=1S/C6H9N5OS/c1-11-3-2-4(10-11)5(12)8-9-6(7)13/h2-3H,1H3,(H,8,12)(H3,7,9,13). The van der Waals surface area contributed by atoms with Gasteiger partial charge in [0.1, 0.15) is 0 Å². The molecule has 1 aromatic heterocycles. The maximum absolute atomic E-state index is 11.2. The van der Waals surface area contributed by atoms with E-state index in [1.807, 2.05) is 0 Å². The molecule has 0 saturated heterocycles. The Morgan fingerprint density at radius 2 is 2.38 bits per heavy atom. The van der Waals surface area contributed by atoms with E-state index in [9.17, 15) is 4.79 Å². The molecule has 0 aliphatic rings. The first-order chi connectivity index (χ1) is 6.09. The van der Waals surface area contributed by atoms with Gasteiger partial charge in [-0.3, -0.25) is 20.3 Å². The van der Waals surface area contributed by atoms with Crippen molar-refractivity contribution >= 4 is 23.2 Å². The number of carbonyl (C=O) groups is 1. The fourth-order valence-electron chi connectivity index (χ4n) is 0.719. The van der Waals surface area contributed by atoms with Gasteiger partial charge in [-0.2, -0.15) is 5.10 Å². The lowest BCUT2D eigenvalue weighted by molar-refractivity contribution is 0.0938. The number of hydrogen-bond acceptors (Lipinski definition) is 3. The van der Waals surface area contributed by atoms with Gasteiger partial charge in [0.15, 0.2) is 10.8 Å². The maximum Gasteiger partial charge on any atom is 0.290 e. The summed E-state index contributed by atoms with van der Waals surface area (Å²) in [6.07, 6.45) is 1.66. The number of hydrogen-bond donors (Lipinski definition) is 3. The second-order valence-corrected chi connectivity index (χ2v) is 2.76. The molecule has 0 unspecified atom stereocenters. The fourth-order valence-corrected chi connectivity index (χ4v) is 0.770. The van der Waals surface area contributed by atoms with Gasteiger partial charge in [-0.25, -0.2) is 0 Å². The molecule has 6 nitrogen and oxygen atoms in total. The van der Waals surface area contributed by atoms with Gasteiger partial charge in [-0.15, -0.1) is 0 Å². The molecule has 7 heteroatoms. The van der Waals surface area contributed by atoms with Crippen LogP contribution in [0.1, 0.15) is 10.5 Å². The molecule has 0 aliphatic carbocycles. The summed E-state index contributed by atoms with van der Waals surface area (Å²) in [6, 6.07) is 1.58. The number of aryl methyl sites for hydroxylation is 1. The van der Waals surface area contributed by atoms with Crippen molar-refractivity contribution in [1.29, 1.82) is 0 Å². The highest BCUT2D eigenvalue weighted by Gasteiger charge is 2.07. The highest BCUT2D eigenvalue weighted by Crippen LogP contribution is 1.91. The Labute approximate surface area is 80.1 Å². The SMILES string of the molecule is Cn1ccc(C(=O)NNC(N)=S)n1. The Bertz CT molecular complexity index is 334. The number of nitrogens with zero attached hydrogens (tertiary/aromatic N) is 2. The van der Waals surface area contributed by atoms with E-state index in [-0.39, 0.29) is 11.0 Å². The number of aromatic nitrogens is 2. The minimum atomic E-state index is -0.381. The van der Waals surface area contributed by atoms with Crippen molar-refractivity contribution < 1.29 is 4.79 Å². The zero-order valence-electron chi connectivity index (χ0n) is 6.94. The van der Waals surface area contributed by atoms with Crippen molar-refractivity contribution in [3.8, 4) is 0 Å². The zero-order valence-corrected chi connectivity index (χ0v) is 7.76. The number of amides is 1. The summed E-state index contributed by atoms with van der Waals surface area (Å²) in [4.78, 5) is 11.2. The van der Waals surface area contributed by atoms with Crippen molar-refractivity contribution in [2.45, 2.75) is 0 Å². The van der Waals surface area contributed by atoms with Crippen LogP contribution >= 0.6 is 12.2 Å². The van der Waals surface area contributed by atoms with Crippen LogP contribution in [0.4, 0.5) is 0 Å². The second-order valence-electron chi connectivity index (χ2n) is 2.32. The minimum Gasteiger partial charge on any atom is -0.375 e. The van der Waals surface area contributed by atoms with Crippen LogP contribution in [0, 0.1) is 0 Å². The summed E-state index contributed by atoms with van der Waals surface area (Å²) in [5, 5.41) is 3.87. The molecule has 0 spiro atoms. The lowest BCUT2D eigenvalue weighted by Crippen LogP contribution is -2.44. The number of carbonyl (C=O) groups excluding carboxylic acids is 1. The molecule has 0 bridgehead atoms. The Balaban J connectivity index is 2.54. The van der Waals surface area contributed by atoms with Gasteiger partial charge in [0.2, 0.25) is 0 Å². The zero-order chi connectivity index (χ0) is 9.84. The molecule has 1 rings (SSSR count). The molecule has 1 amide bonds. The van der Waals surface area contributed by atoms with Crippen molar-refractivity contribution in [3.05, 3.63) is 18.0 Å². The molecule has 0 saturated carbocycles. The molecule has 1 heterocycles. The monoisotopic (exact) mass is 199 g/mol. The molecular formula is C6H9N5OS. The lowest BCUT2D eigenvalue weighted by Gasteiger charge is -2.03.